The molecule has 1 aromatic heterocycles. The van der Waals surface area contributed by atoms with Gasteiger partial charge in [0, 0.05) is 38.6 Å². The Morgan fingerprint density at radius 2 is 2.00 bits per heavy atom. The van der Waals surface area contributed by atoms with Crippen LogP contribution in [0.2, 0.25) is 0 Å². The molecule has 2 N–H and O–H groups in total. The second-order valence-corrected chi connectivity index (χ2v) is 7.16. The summed E-state index contributed by atoms with van der Waals surface area (Å²) in [5.41, 5.74) is -0.425. The van der Waals surface area contributed by atoms with Gasteiger partial charge >= 0.3 is 6.03 Å². The van der Waals surface area contributed by atoms with Crippen LogP contribution in [-0.4, -0.2) is 39.5 Å². The number of aryl methyl sites for hydroxylation is 1. The van der Waals surface area contributed by atoms with Gasteiger partial charge in [-0.25, -0.2) is 13.6 Å². The molecule has 2 aliphatic rings. The quantitative estimate of drug-likeness (QED) is 0.665. The maximum Gasteiger partial charge on any atom is 0.322 e. The number of alkyl halides is 2. The average Bonchev–Trinajstić information content (AvgIpc) is 3.06. The molecule has 0 atom stereocenters. The molecule has 0 aliphatic carbocycles. The van der Waals surface area contributed by atoms with E-state index in [9.17, 15) is 22.4 Å². The minimum Gasteiger partial charge on any atom is -0.400 e. The Hall–Kier alpha value is -3.13. The van der Waals surface area contributed by atoms with Gasteiger partial charge in [-0.1, -0.05) is 0 Å². The van der Waals surface area contributed by atoms with Gasteiger partial charge < -0.3 is 15.3 Å². The fourth-order valence-corrected chi connectivity index (χ4v) is 3.84. The van der Waals surface area contributed by atoms with Gasteiger partial charge in [0.25, 0.3) is 5.92 Å². The molecule has 166 valence electrons. The predicted octanol–water partition coefficient (Wildman–Crippen LogP) is 3.51. The zero-order valence-electron chi connectivity index (χ0n) is 16.8. The highest BCUT2D eigenvalue weighted by atomic mass is 19.3. The number of nitrogens with one attached hydrogen (secondary N) is 1. The third-order valence-electron chi connectivity index (χ3n) is 5.29. The molecule has 1 aromatic carbocycles. The van der Waals surface area contributed by atoms with Crippen molar-refractivity contribution in [2.24, 2.45) is 0 Å². The Balaban J connectivity index is 0.00000132. The van der Waals surface area contributed by atoms with Gasteiger partial charge in [0.15, 0.2) is 5.82 Å². The Bertz CT molecular complexity index is 1030. The van der Waals surface area contributed by atoms with E-state index >= 15 is 0 Å². The highest BCUT2D eigenvalue weighted by Gasteiger charge is 2.42. The van der Waals surface area contributed by atoms with Gasteiger partial charge in [-0.15, -0.1) is 0 Å². The molecule has 4 rings (SSSR count). The minimum absolute atomic E-state index is 0.0833. The first kappa shape index (κ1) is 22.6. The van der Waals surface area contributed by atoms with Crippen molar-refractivity contribution < 1.29 is 27.5 Å². The van der Waals surface area contributed by atoms with Crippen molar-refractivity contribution >= 4 is 11.7 Å². The summed E-state index contributed by atoms with van der Waals surface area (Å²) < 4.78 is 58.3. The molecule has 2 aromatic rings. The molecule has 3 heterocycles. The molecule has 11 heteroatoms. The van der Waals surface area contributed by atoms with E-state index in [1.807, 2.05) is 0 Å². The number of aliphatic hydroxyl groups excluding tert-OH is 1. The maximum absolute atomic E-state index is 14.6. The molecule has 7 nitrogen and oxygen atoms in total. The number of nitriles is 1. The second-order valence-electron chi connectivity index (χ2n) is 7.16. The number of hydrogen-bond donors (Lipinski definition) is 2. The SMILES string of the molecule is CO.N#Cc1c(F)ccc(NC(=O)N2CCc3nn4c(c3C2)C(F)(F)CCCC4)c1F. The summed E-state index contributed by atoms with van der Waals surface area (Å²) in [6, 6.07) is 2.58. The monoisotopic (exact) mass is 439 g/mol. The molecule has 31 heavy (non-hydrogen) atoms. The first-order valence-corrected chi connectivity index (χ1v) is 9.67. The lowest BCUT2D eigenvalue weighted by molar-refractivity contribution is -0.0203. The normalized spacial score (nSPS) is 16.7. The molecule has 0 bridgehead atoms. The first-order valence-electron chi connectivity index (χ1n) is 9.67. The highest BCUT2D eigenvalue weighted by molar-refractivity contribution is 5.90. The molecule has 0 unspecified atom stereocenters. The van der Waals surface area contributed by atoms with Gasteiger partial charge in [-0.3, -0.25) is 4.68 Å². The van der Waals surface area contributed by atoms with Gasteiger partial charge in [0.1, 0.15) is 23.1 Å². The number of fused-ring (bicyclic) bond motifs is 3. The summed E-state index contributed by atoms with van der Waals surface area (Å²) >= 11 is 0. The van der Waals surface area contributed by atoms with Crippen LogP contribution in [0.5, 0.6) is 0 Å². The van der Waals surface area contributed by atoms with Crippen LogP contribution in [-0.2, 0) is 25.4 Å². The third-order valence-corrected chi connectivity index (χ3v) is 5.29. The van der Waals surface area contributed by atoms with E-state index in [1.165, 1.54) is 15.7 Å². The van der Waals surface area contributed by atoms with Crippen LogP contribution in [0.3, 0.4) is 0 Å². The van der Waals surface area contributed by atoms with Crippen molar-refractivity contribution in [1.82, 2.24) is 14.7 Å². The lowest BCUT2D eigenvalue weighted by atomic mass is 10.00. The Morgan fingerprint density at radius 1 is 1.26 bits per heavy atom. The Morgan fingerprint density at radius 3 is 2.71 bits per heavy atom. The van der Waals surface area contributed by atoms with Gasteiger partial charge in [0.05, 0.1) is 17.9 Å². The van der Waals surface area contributed by atoms with Crippen LogP contribution in [0.1, 0.15) is 41.8 Å². The van der Waals surface area contributed by atoms with E-state index in [0.717, 1.165) is 19.2 Å². The van der Waals surface area contributed by atoms with Crippen molar-refractivity contribution in [2.75, 3.05) is 19.0 Å². The van der Waals surface area contributed by atoms with Crippen molar-refractivity contribution in [3.63, 3.8) is 0 Å². The smallest absolute Gasteiger partial charge is 0.322 e. The second kappa shape index (κ2) is 8.93. The summed E-state index contributed by atoms with van der Waals surface area (Å²) in [5, 5.41) is 22.5. The number of carbonyl (C=O) groups excluding carboxylic acids is 1. The lowest BCUT2D eigenvalue weighted by Crippen LogP contribution is -2.39. The van der Waals surface area contributed by atoms with Crippen LogP contribution in [0.4, 0.5) is 28.0 Å². The van der Waals surface area contributed by atoms with Crippen molar-refractivity contribution in [3.05, 3.63) is 46.3 Å². The van der Waals surface area contributed by atoms with E-state index in [-0.39, 0.29) is 30.9 Å². The number of benzene rings is 1. The number of nitrogens with zero attached hydrogens (tertiary/aromatic N) is 4. The fraction of sp³-hybridized carbons (Fsp3) is 0.450. The van der Waals surface area contributed by atoms with E-state index in [1.54, 1.807) is 0 Å². The fourth-order valence-electron chi connectivity index (χ4n) is 3.84. The third kappa shape index (κ3) is 4.20. The van der Waals surface area contributed by atoms with E-state index in [2.05, 4.69) is 10.4 Å². The molecule has 0 spiro atoms. The molecular weight excluding hydrogens is 418 g/mol. The van der Waals surface area contributed by atoms with Gasteiger partial charge in [-0.2, -0.15) is 19.1 Å². The van der Waals surface area contributed by atoms with Crippen molar-refractivity contribution in [2.45, 2.75) is 44.7 Å². The average molecular weight is 439 g/mol. The largest absolute Gasteiger partial charge is 0.400 e. The number of carbonyl (C=O) groups is 1. The molecule has 0 saturated heterocycles. The zero-order chi connectivity index (χ0) is 22.8. The summed E-state index contributed by atoms with van der Waals surface area (Å²) in [4.78, 5) is 13.9. The van der Waals surface area contributed by atoms with Crippen LogP contribution in [0.25, 0.3) is 0 Å². The summed E-state index contributed by atoms with van der Waals surface area (Å²) in [6.07, 6.45) is 1.03. The minimum atomic E-state index is -3.03. The van der Waals surface area contributed by atoms with Crippen LogP contribution < -0.4 is 5.32 Å². The van der Waals surface area contributed by atoms with E-state index in [4.69, 9.17) is 10.4 Å². The zero-order valence-corrected chi connectivity index (χ0v) is 16.8. The molecule has 0 radical (unpaired) electrons. The number of halogens is 4. The van der Waals surface area contributed by atoms with E-state index < -0.39 is 29.2 Å². The molecule has 2 amide bonds. The lowest BCUT2D eigenvalue weighted by Gasteiger charge is -2.28. The number of anilines is 1. The standard InChI is InChI=1S/C19H17F4N5O.CH4O/c20-13-3-4-15(16(21)11(13)9-24)25-18(29)27-8-5-14-12(10-27)17-19(22,23)6-1-2-7-28(17)26-14;1-2/h3-4H,1-2,5-8,10H2,(H,25,29);2H,1H3. The summed E-state index contributed by atoms with van der Waals surface area (Å²) in [5.74, 6) is -5.23. The molecule has 0 saturated carbocycles. The van der Waals surface area contributed by atoms with Crippen molar-refractivity contribution in [1.29, 1.82) is 5.26 Å². The number of urea groups is 1. The van der Waals surface area contributed by atoms with Gasteiger partial charge in [-0.05, 0) is 25.0 Å². The Labute approximate surface area is 175 Å². The Kier molecular flexibility index (Phi) is 6.50. The molecule has 2 aliphatic heterocycles. The highest BCUT2D eigenvalue weighted by Crippen LogP contribution is 2.40. The number of amides is 2. The number of aromatic nitrogens is 2. The van der Waals surface area contributed by atoms with Crippen LogP contribution in [0.15, 0.2) is 12.1 Å². The molecule has 0 fully saturated rings. The maximum atomic E-state index is 14.6. The van der Waals surface area contributed by atoms with Crippen LogP contribution in [0, 0.1) is 23.0 Å². The molecular formula is C20H21F4N5O2. The van der Waals surface area contributed by atoms with E-state index in [0.29, 0.717) is 37.1 Å². The van der Waals surface area contributed by atoms with Crippen LogP contribution >= 0.6 is 0 Å². The summed E-state index contributed by atoms with van der Waals surface area (Å²) in [6.45, 7) is 0.538. The topological polar surface area (TPSA) is 94.2 Å². The first-order chi connectivity index (χ1) is 14.8. The number of aliphatic hydroxyl groups is 1. The number of hydrogen-bond acceptors (Lipinski definition) is 4. The van der Waals surface area contributed by atoms with Crippen molar-refractivity contribution in [3.8, 4) is 6.07 Å². The predicted molar refractivity (Wildman–Crippen MR) is 102 cm³/mol. The van der Waals surface area contributed by atoms with Gasteiger partial charge in [0.2, 0.25) is 0 Å². The summed E-state index contributed by atoms with van der Waals surface area (Å²) in [7, 11) is 1.00. The number of rotatable bonds is 1.